The van der Waals surface area contributed by atoms with Crippen LogP contribution in [0.1, 0.15) is 10.4 Å². The van der Waals surface area contributed by atoms with Gasteiger partial charge in [-0.05, 0) is 12.1 Å². The molecular weight excluding hydrogens is 315 g/mol. The number of hydrogen-bond donors (Lipinski definition) is 1. The van der Waals surface area contributed by atoms with E-state index in [9.17, 15) is 14.7 Å². The van der Waals surface area contributed by atoms with Crippen LogP contribution in [0.25, 0.3) is 0 Å². The third-order valence-electron chi connectivity index (χ3n) is 3.32. The van der Waals surface area contributed by atoms with E-state index in [1.54, 1.807) is 9.80 Å². The van der Waals surface area contributed by atoms with Gasteiger partial charge in [-0.3, -0.25) is 9.59 Å². The first-order chi connectivity index (χ1) is 9.93. The fraction of sp³-hybridized carbons (Fsp3) is 0.286. The Morgan fingerprint density at radius 3 is 2.19 bits per heavy atom. The Balaban J connectivity index is 2.11. The summed E-state index contributed by atoms with van der Waals surface area (Å²) in [5.41, 5.74) is 0.105. The van der Waals surface area contributed by atoms with E-state index < -0.39 is 0 Å². The number of benzene rings is 1. The third-order valence-corrected chi connectivity index (χ3v) is 4.04. The zero-order valence-corrected chi connectivity index (χ0v) is 12.7. The maximum Gasteiger partial charge on any atom is 0.257 e. The van der Waals surface area contributed by atoms with Gasteiger partial charge in [-0.2, -0.15) is 0 Å². The Morgan fingerprint density at radius 2 is 1.62 bits per heavy atom. The molecule has 112 valence electrons. The molecule has 0 radical (unpaired) electrons. The fourth-order valence-electron chi connectivity index (χ4n) is 2.14. The van der Waals surface area contributed by atoms with Crippen LogP contribution in [0.4, 0.5) is 0 Å². The van der Waals surface area contributed by atoms with Crippen LogP contribution < -0.4 is 0 Å². The maximum atomic E-state index is 12.4. The Hall–Kier alpha value is -1.72. The Bertz CT molecular complexity index is 596. The monoisotopic (exact) mass is 328 g/mol. The molecule has 1 fully saturated rings. The van der Waals surface area contributed by atoms with Crippen molar-refractivity contribution in [3.8, 4) is 5.75 Å². The van der Waals surface area contributed by atoms with Gasteiger partial charge in [0, 0.05) is 32.2 Å². The van der Waals surface area contributed by atoms with Gasteiger partial charge >= 0.3 is 0 Å². The highest BCUT2D eigenvalue weighted by atomic mass is 35.5. The lowest BCUT2D eigenvalue weighted by molar-refractivity contribution is -0.127. The van der Waals surface area contributed by atoms with Crippen molar-refractivity contribution < 1.29 is 14.7 Å². The Kier molecular flexibility index (Phi) is 4.75. The van der Waals surface area contributed by atoms with E-state index in [1.807, 2.05) is 0 Å². The first-order valence-corrected chi connectivity index (χ1v) is 7.08. The van der Waals surface area contributed by atoms with Gasteiger partial charge in [0.1, 0.15) is 5.75 Å². The summed E-state index contributed by atoms with van der Waals surface area (Å²) < 4.78 is 0. The largest absolute Gasteiger partial charge is 0.507 e. The molecule has 0 unspecified atom stereocenters. The third kappa shape index (κ3) is 3.31. The SMILES string of the molecule is C=CC(=O)N1CCN(C(=O)c2cc(Cl)c(Cl)cc2O)CC1. The number of carbonyl (C=O) groups excluding carboxylic acids is 2. The molecule has 0 aliphatic carbocycles. The van der Waals surface area contributed by atoms with Crippen molar-refractivity contribution in [2.24, 2.45) is 0 Å². The average Bonchev–Trinajstić information content (AvgIpc) is 2.49. The first-order valence-electron chi connectivity index (χ1n) is 6.32. The average molecular weight is 329 g/mol. The van der Waals surface area contributed by atoms with Gasteiger partial charge in [0.2, 0.25) is 5.91 Å². The van der Waals surface area contributed by atoms with E-state index in [0.717, 1.165) is 0 Å². The molecule has 1 saturated heterocycles. The zero-order valence-electron chi connectivity index (χ0n) is 11.2. The maximum absolute atomic E-state index is 12.4. The lowest BCUT2D eigenvalue weighted by atomic mass is 10.1. The molecule has 5 nitrogen and oxygen atoms in total. The van der Waals surface area contributed by atoms with E-state index in [-0.39, 0.29) is 33.2 Å². The van der Waals surface area contributed by atoms with Crippen molar-refractivity contribution in [2.75, 3.05) is 26.2 Å². The number of nitrogens with zero attached hydrogens (tertiary/aromatic N) is 2. The van der Waals surface area contributed by atoms with Gasteiger partial charge in [-0.25, -0.2) is 0 Å². The molecular formula is C14H14Cl2N2O3. The molecule has 2 amide bonds. The Morgan fingerprint density at radius 1 is 1.10 bits per heavy atom. The highest BCUT2D eigenvalue weighted by Crippen LogP contribution is 2.30. The smallest absolute Gasteiger partial charge is 0.257 e. The topological polar surface area (TPSA) is 60.9 Å². The van der Waals surface area contributed by atoms with Crippen molar-refractivity contribution in [1.29, 1.82) is 0 Å². The van der Waals surface area contributed by atoms with Crippen molar-refractivity contribution in [1.82, 2.24) is 9.80 Å². The standard InChI is InChI=1S/C14H14Cl2N2O3/c1-2-13(20)17-3-5-18(6-4-17)14(21)9-7-10(15)11(16)8-12(9)19/h2,7-8,19H,1,3-6H2. The van der Waals surface area contributed by atoms with Gasteiger partial charge in [-0.15, -0.1) is 0 Å². The molecule has 1 aliphatic heterocycles. The number of halogens is 2. The number of rotatable bonds is 2. The summed E-state index contributed by atoms with van der Waals surface area (Å²) in [6, 6.07) is 2.59. The molecule has 21 heavy (non-hydrogen) atoms. The second kappa shape index (κ2) is 6.37. The summed E-state index contributed by atoms with van der Waals surface area (Å²) in [7, 11) is 0. The summed E-state index contributed by atoms with van der Waals surface area (Å²) in [5.74, 6) is -0.699. The van der Waals surface area contributed by atoms with Crippen LogP contribution in [-0.4, -0.2) is 52.9 Å². The minimum atomic E-state index is -0.336. The number of aromatic hydroxyl groups is 1. The summed E-state index contributed by atoms with van der Waals surface area (Å²) in [5, 5.41) is 10.2. The molecule has 0 atom stereocenters. The van der Waals surface area contributed by atoms with E-state index in [1.165, 1.54) is 18.2 Å². The molecule has 0 spiro atoms. The second-order valence-electron chi connectivity index (χ2n) is 4.61. The van der Waals surface area contributed by atoms with Crippen LogP contribution in [-0.2, 0) is 4.79 Å². The molecule has 2 rings (SSSR count). The number of piperazine rings is 1. The fourth-order valence-corrected chi connectivity index (χ4v) is 2.46. The van der Waals surface area contributed by atoms with Crippen molar-refractivity contribution in [3.05, 3.63) is 40.4 Å². The molecule has 7 heteroatoms. The van der Waals surface area contributed by atoms with Gasteiger partial charge in [0.05, 0.1) is 15.6 Å². The van der Waals surface area contributed by atoms with E-state index in [0.29, 0.717) is 26.2 Å². The van der Waals surface area contributed by atoms with E-state index in [4.69, 9.17) is 23.2 Å². The number of phenolic OH excluding ortho intramolecular Hbond substituents is 1. The molecule has 1 aromatic rings. The number of phenols is 1. The quantitative estimate of drug-likeness (QED) is 0.846. The van der Waals surface area contributed by atoms with Gasteiger partial charge < -0.3 is 14.9 Å². The number of amides is 2. The number of carbonyl (C=O) groups is 2. The minimum Gasteiger partial charge on any atom is -0.507 e. The first kappa shape index (κ1) is 15.7. The van der Waals surface area contributed by atoms with Gasteiger partial charge in [0.25, 0.3) is 5.91 Å². The summed E-state index contributed by atoms with van der Waals surface area (Å²) in [6.45, 7) is 5.07. The summed E-state index contributed by atoms with van der Waals surface area (Å²) in [4.78, 5) is 27.0. The van der Waals surface area contributed by atoms with Crippen LogP contribution >= 0.6 is 23.2 Å². The van der Waals surface area contributed by atoms with Crippen LogP contribution in [0.3, 0.4) is 0 Å². The van der Waals surface area contributed by atoms with Crippen molar-refractivity contribution >= 4 is 35.0 Å². The van der Waals surface area contributed by atoms with Crippen LogP contribution in [0, 0.1) is 0 Å². The van der Waals surface area contributed by atoms with E-state index >= 15 is 0 Å². The minimum absolute atomic E-state index is 0.105. The molecule has 0 saturated carbocycles. The molecule has 1 N–H and O–H groups in total. The molecule has 0 aromatic heterocycles. The summed E-state index contributed by atoms with van der Waals surface area (Å²) in [6.07, 6.45) is 1.25. The summed E-state index contributed by atoms with van der Waals surface area (Å²) >= 11 is 11.7. The van der Waals surface area contributed by atoms with E-state index in [2.05, 4.69) is 6.58 Å². The molecule has 1 aromatic carbocycles. The van der Waals surface area contributed by atoms with Crippen molar-refractivity contribution in [3.63, 3.8) is 0 Å². The highest BCUT2D eigenvalue weighted by Gasteiger charge is 2.25. The van der Waals surface area contributed by atoms with Crippen LogP contribution in [0.15, 0.2) is 24.8 Å². The lowest BCUT2D eigenvalue weighted by Gasteiger charge is -2.34. The lowest BCUT2D eigenvalue weighted by Crippen LogP contribution is -2.50. The van der Waals surface area contributed by atoms with Gasteiger partial charge in [0.15, 0.2) is 0 Å². The Labute approximate surface area is 132 Å². The molecule has 0 bridgehead atoms. The van der Waals surface area contributed by atoms with Crippen LogP contribution in [0.2, 0.25) is 10.0 Å². The predicted molar refractivity (Wildman–Crippen MR) is 80.8 cm³/mol. The molecule has 1 aliphatic rings. The molecule has 1 heterocycles. The highest BCUT2D eigenvalue weighted by molar-refractivity contribution is 6.42. The second-order valence-corrected chi connectivity index (χ2v) is 5.42. The normalized spacial score (nSPS) is 15.0. The van der Waals surface area contributed by atoms with Crippen LogP contribution in [0.5, 0.6) is 5.75 Å². The van der Waals surface area contributed by atoms with Crippen molar-refractivity contribution in [2.45, 2.75) is 0 Å². The van der Waals surface area contributed by atoms with Gasteiger partial charge in [-0.1, -0.05) is 29.8 Å². The predicted octanol–water partition coefficient (Wildman–Crippen LogP) is 2.17. The number of hydrogen-bond acceptors (Lipinski definition) is 3. The zero-order chi connectivity index (χ0) is 15.6.